The van der Waals surface area contributed by atoms with Crippen molar-refractivity contribution in [3.05, 3.63) is 16.1 Å². The van der Waals surface area contributed by atoms with Gasteiger partial charge < -0.3 is 14.7 Å². The van der Waals surface area contributed by atoms with Gasteiger partial charge in [-0.05, 0) is 26.7 Å². The van der Waals surface area contributed by atoms with Crippen molar-refractivity contribution >= 4 is 23.2 Å². The fraction of sp³-hybridized carbons (Fsp3) is 0.643. The molecule has 2 unspecified atom stereocenters. The van der Waals surface area contributed by atoms with Gasteiger partial charge in [-0.3, -0.25) is 4.79 Å². The number of rotatable bonds is 6. The predicted molar refractivity (Wildman–Crippen MR) is 78.2 cm³/mol. The Morgan fingerprint density at radius 3 is 3.05 bits per heavy atom. The molecule has 1 aliphatic rings. The Bertz CT molecular complexity index is 517. The Hall–Kier alpha value is -1.47. The van der Waals surface area contributed by atoms with Crippen molar-refractivity contribution in [3.63, 3.8) is 0 Å². The van der Waals surface area contributed by atoms with Crippen molar-refractivity contribution in [1.82, 2.24) is 9.88 Å². The highest BCUT2D eigenvalue weighted by Crippen LogP contribution is 2.23. The molecule has 0 saturated carbocycles. The van der Waals surface area contributed by atoms with Gasteiger partial charge in [-0.1, -0.05) is 0 Å². The monoisotopic (exact) mass is 312 g/mol. The van der Waals surface area contributed by atoms with E-state index in [-0.39, 0.29) is 18.4 Å². The smallest absolute Gasteiger partial charge is 0.326 e. The fourth-order valence-corrected chi connectivity index (χ4v) is 3.31. The van der Waals surface area contributed by atoms with Crippen LogP contribution in [0.5, 0.6) is 0 Å². The average Bonchev–Trinajstić information content (AvgIpc) is 3.07. The number of carboxylic acid groups (broad SMARTS) is 1. The highest BCUT2D eigenvalue weighted by atomic mass is 32.1. The molecule has 1 fully saturated rings. The van der Waals surface area contributed by atoms with E-state index >= 15 is 0 Å². The molecule has 6 nitrogen and oxygen atoms in total. The molecule has 1 aromatic rings. The lowest BCUT2D eigenvalue weighted by Crippen LogP contribution is -2.41. The zero-order chi connectivity index (χ0) is 15.4. The second kappa shape index (κ2) is 7.00. The summed E-state index contributed by atoms with van der Waals surface area (Å²) in [4.78, 5) is 29.2. The minimum absolute atomic E-state index is 0.0811. The zero-order valence-electron chi connectivity index (χ0n) is 12.2. The molecule has 1 aliphatic heterocycles. The number of carboxylic acids is 1. The summed E-state index contributed by atoms with van der Waals surface area (Å²) < 4.78 is 5.47. The number of nitrogens with zero attached hydrogens (tertiary/aromatic N) is 2. The van der Waals surface area contributed by atoms with Gasteiger partial charge in [0.05, 0.1) is 12.1 Å². The molecular formula is C14H20N2O4S. The van der Waals surface area contributed by atoms with Crippen LogP contribution in [0.4, 0.5) is 0 Å². The number of amides is 1. The third-order valence-electron chi connectivity index (χ3n) is 3.52. The Morgan fingerprint density at radius 2 is 2.38 bits per heavy atom. The Kier molecular flexibility index (Phi) is 5.30. The summed E-state index contributed by atoms with van der Waals surface area (Å²) in [6, 6.07) is -0.682. The number of aromatic nitrogens is 1. The molecule has 2 atom stereocenters. The highest BCUT2D eigenvalue weighted by Gasteiger charge is 2.33. The third kappa shape index (κ3) is 3.79. The lowest BCUT2D eigenvalue weighted by molar-refractivity contribution is -0.148. The van der Waals surface area contributed by atoms with E-state index in [1.165, 1.54) is 16.2 Å². The number of aliphatic carboxylic acids is 1. The predicted octanol–water partition coefficient (Wildman–Crippen LogP) is 1.86. The number of hydrogen-bond donors (Lipinski definition) is 1. The molecule has 1 amide bonds. The topological polar surface area (TPSA) is 79.7 Å². The lowest BCUT2D eigenvalue weighted by Gasteiger charge is -2.20. The molecule has 7 heteroatoms. The van der Waals surface area contributed by atoms with Crippen LogP contribution in [0, 0.1) is 0 Å². The van der Waals surface area contributed by atoms with Crippen molar-refractivity contribution in [3.8, 4) is 0 Å². The van der Waals surface area contributed by atoms with Crippen LogP contribution < -0.4 is 0 Å². The first-order valence-corrected chi connectivity index (χ1v) is 7.99. The Morgan fingerprint density at radius 1 is 1.62 bits per heavy atom. The summed E-state index contributed by atoms with van der Waals surface area (Å²) >= 11 is 1.47. The molecule has 0 spiro atoms. The summed E-state index contributed by atoms with van der Waals surface area (Å²) in [6.45, 7) is 4.98. The molecule has 116 valence electrons. The largest absolute Gasteiger partial charge is 0.480 e. The van der Waals surface area contributed by atoms with Gasteiger partial charge in [0.1, 0.15) is 17.2 Å². The first-order chi connectivity index (χ1) is 10.0. The van der Waals surface area contributed by atoms with Crippen LogP contribution in [0.2, 0.25) is 0 Å². The number of carbonyl (C=O) groups excluding carboxylic acids is 1. The van der Waals surface area contributed by atoms with Crippen LogP contribution in [0.3, 0.4) is 0 Å². The maximum absolute atomic E-state index is 12.2. The second-order valence-electron chi connectivity index (χ2n) is 5.03. The van der Waals surface area contributed by atoms with Crippen LogP contribution >= 0.6 is 11.3 Å². The minimum atomic E-state index is -0.926. The molecule has 21 heavy (non-hydrogen) atoms. The molecule has 0 aliphatic carbocycles. The number of thiazole rings is 1. The van der Waals surface area contributed by atoms with Crippen LogP contribution in [0.25, 0.3) is 0 Å². The normalized spacial score (nSPS) is 19.7. The summed E-state index contributed by atoms with van der Waals surface area (Å²) in [6.07, 6.45) is 1.35. The standard InChI is InChI=1S/C14H20N2O4S/c1-3-20-9(2)13-15-10(8-21-13)7-12(17)16-6-4-5-11(16)14(18)19/h8-9,11H,3-7H2,1-2H3,(H,18,19). The van der Waals surface area contributed by atoms with Crippen molar-refractivity contribution in [1.29, 1.82) is 0 Å². The van der Waals surface area contributed by atoms with E-state index < -0.39 is 12.0 Å². The van der Waals surface area contributed by atoms with E-state index in [9.17, 15) is 9.59 Å². The minimum Gasteiger partial charge on any atom is -0.480 e. The Labute approximate surface area is 127 Å². The van der Waals surface area contributed by atoms with Crippen molar-refractivity contribution < 1.29 is 19.4 Å². The van der Waals surface area contributed by atoms with Gasteiger partial charge in [0, 0.05) is 18.5 Å². The second-order valence-corrected chi connectivity index (χ2v) is 5.92. The van der Waals surface area contributed by atoms with E-state index in [1.54, 1.807) is 0 Å². The third-order valence-corrected chi connectivity index (χ3v) is 4.58. The number of likely N-dealkylation sites (tertiary alicyclic amines) is 1. The maximum atomic E-state index is 12.2. The first kappa shape index (κ1) is 15.9. The number of hydrogen-bond acceptors (Lipinski definition) is 5. The van der Waals surface area contributed by atoms with Crippen LogP contribution in [-0.2, 0) is 20.7 Å². The zero-order valence-corrected chi connectivity index (χ0v) is 13.1. The number of ether oxygens (including phenoxy) is 1. The molecule has 0 aromatic carbocycles. The average molecular weight is 312 g/mol. The van der Waals surface area contributed by atoms with E-state index in [4.69, 9.17) is 9.84 Å². The summed E-state index contributed by atoms with van der Waals surface area (Å²) in [7, 11) is 0. The van der Waals surface area contributed by atoms with Gasteiger partial charge in [-0.2, -0.15) is 0 Å². The molecule has 0 radical (unpaired) electrons. The van der Waals surface area contributed by atoms with E-state index in [1.807, 2.05) is 19.2 Å². The van der Waals surface area contributed by atoms with Crippen LogP contribution in [-0.4, -0.2) is 46.1 Å². The van der Waals surface area contributed by atoms with E-state index in [2.05, 4.69) is 4.98 Å². The number of carbonyl (C=O) groups is 2. The van der Waals surface area contributed by atoms with Crippen molar-refractivity contribution in [2.45, 2.75) is 45.3 Å². The molecule has 1 saturated heterocycles. The molecule has 2 rings (SSSR count). The van der Waals surface area contributed by atoms with E-state index in [0.29, 0.717) is 25.3 Å². The SMILES string of the molecule is CCOC(C)c1nc(CC(=O)N2CCCC2C(=O)O)cs1. The molecule has 1 N–H and O–H groups in total. The molecular weight excluding hydrogens is 292 g/mol. The highest BCUT2D eigenvalue weighted by molar-refractivity contribution is 7.09. The van der Waals surface area contributed by atoms with Gasteiger partial charge in [0.15, 0.2) is 0 Å². The Balaban J connectivity index is 1.98. The fourth-order valence-electron chi connectivity index (χ4n) is 2.49. The quantitative estimate of drug-likeness (QED) is 0.867. The van der Waals surface area contributed by atoms with Gasteiger partial charge in [0.25, 0.3) is 0 Å². The van der Waals surface area contributed by atoms with Crippen LogP contribution in [0.1, 0.15) is 43.5 Å². The molecule has 0 bridgehead atoms. The first-order valence-electron chi connectivity index (χ1n) is 7.11. The van der Waals surface area contributed by atoms with Gasteiger partial charge in [-0.15, -0.1) is 11.3 Å². The van der Waals surface area contributed by atoms with Gasteiger partial charge >= 0.3 is 5.97 Å². The van der Waals surface area contributed by atoms with Gasteiger partial charge in [0.2, 0.25) is 5.91 Å². The van der Waals surface area contributed by atoms with E-state index in [0.717, 1.165) is 11.4 Å². The van der Waals surface area contributed by atoms with Crippen molar-refractivity contribution in [2.75, 3.05) is 13.2 Å². The molecule has 2 heterocycles. The van der Waals surface area contributed by atoms with Crippen LogP contribution in [0.15, 0.2) is 5.38 Å². The summed E-state index contributed by atoms with van der Waals surface area (Å²) in [5.74, 6) is -1.09. The lowest BCUT2D eigenvalue weighted by atomic mass is 10.2. The summed E-state index contributed by atoms with van der Waals surface area (Å²) in [5.41, 5.74) is 0.683. The molecule has 1 aromatic heterocycles. The summed E-state index contributed by atoms with van der Waals surface area (Å²) in [5, 5.41) is 11.8. The maximum Gasteiger partial charge on any atom is 0.326 e. The van der Waals surface area contributed by atoms with Crippen molar-refractivity contribution in [2.24, 2.45) is 0 Å². The van der Waals surface area contributed by atoms with Gasteiger partial charge in [-0.25, -0.2) is 9.78 Å².